The van der Waals surface area contributed by atoms with Crippen LogP contribution in [0.1, 0.15) is 19.3 Å². The van der Waals surface area contributed by atoms with Crippen molar-refractivity contribution in [1.82, 2.24) is 0 Å². The van der Waals surface area contributed by atoms with Crippen molar-refractivity contribution in [2.24, 2.45) is 10.7 Å². The van der Waals surface area contributed by atoms with E-state index in [2.05, 4.69) is 10.3 Å². The number of methoxy groups -OCH3 is 1. The maximum atomic E-state index is 11.8. The molecule has 3 N–H and O–H groups in total. The average molecular weight is 311 g/mol. The number of rotatable bonds is 5. The van der Waals surface area contributed by atoms with Gasteiger partial charge in [0.2, 0.25) is 0 Å². The summed E-state index contributed by atoms with van der Waals surface area (Å²) < 4.78 is 28.0. The zero-order valence-electron chi connectivity index (χ0n) is 12.3. The number of nitrogens with two attached hydrogens (primary N) is 1. The van der Waals surface area contributed by atoms with Gasteiger partial charge >= 0.3 is 0 Å². The first-order valence-electron chi connectivity index (χ1n) is 6.77. The lowest BCUT2D eigenvalue weighted by Crippen LogP contribution is -2.48. The molecule has 6 nitrogen and oxygen atoms in total. The van der Waals surface area contributed by atoms with Crippen LogP contribution in [0.25, 0.3) is 0 Å². The van der Waals surface area contributed by atoms with Crippen molar-refractivity contribution in [1.29, 1.82) is 0 Å². The minimum absolute atomic E-state index is 0.209. The Morgan fingerprint density at radius 2 is 2.00 bits per heavy atom. The largest absolute Gasteiger partial charge is 0.497 e. The maximum absolute atomic E-state index is 11.8. The fourth-order valence-corrected chi connectivity index (χ4v) is 3.64. The van der Waals surface area contributed by atoms with Crippen molar-refractivity contribution >= 4 is 21.5 Å². The van der Waals surface area contributed by atoms with Crippen LogP contribution in [-0.4, -0.2) is 39.0 Å². The van der Waals surface area contributed by atoms with E-state index in [1.807, 2.05) is 12.1 Å². The first-order chi connectivity index (χ1) is 9.86. The fourth-order valence-electron chi connectivity index (χ4n) is 2.31. The summed E-state index contributed by atoms with van der Waals surface area (Å²) in [6.07, 6.45) is 3.51. The minimum atomic E-state index is -3.11. The summed E-state index contributed by atoms with van der Waals surface area (Å²) in [5, 5.41) is 2.94. The Bertz CT molecular complexity index is 619. The topological polar surface area (TPSA) is 93.8 Å². The molecule has 21 heavy (non-hydrogen) atoms. The van der Waals surface area contributed by atoms with Crippen LogP contribution in [0.15, 0.2) is 29.3 Å². The summed E-state index contributed by atoms with van der Waals surface area (Å²) in [5.74, 6) is 0.969. The smallest absolute Gasteiger partial charge is 0.193 e. The molecule has 7 heteroatoms. The highest BCUT2D eigenvalue weighted by molar-refractivity contribution is 7.92. The molecule has 1 fully saturated rings. The van der Waals surface area contributed by atoms with Crippen molar-refractivity contribution in [3.8, 4) is 5.75 Å². The summed E-state index contributed by atoms with van der Waals surface area (Å²) in [5.41, 5.74) is 6.60. The van der Waals surface area contributed by atoms with E-state index >= 15 is 0 Å². The second-order valence-electron chi connectivity index (χ2n) is 5.36. The second kappa shape index (κ2) is 5.93. The number of hydrogen-bond acceptors (Lipinski definition) is 4. The number of anilines is 1. The van der Waals surface area contributed by atoms with E-state index in [4.69, 9.17) is 10.5 Å². The average Bonchev–Trinajstić information content (AvgIpc) is 2.36. The van der Waals surface area contributed by atoms with E-state index in [0.29, 0.717) is 12.8 Å². The Morgan fingerprint density at radius 1 is 1.38 bits per heavy atom. The molecule has 0 aliphatic heterocycles. The van der Waals surface area contributed by atoms with E-state index in [0.717, 1.165) is 17.9 Å². The van der Waals surface area contributed by atoms with Gasteiger partial charge in [-0.05, 0) is 37.1 Å². The summed E-state index contributed by atoms with van der Waals surface area (Å²) >= 11 is 0. The summed E-state index contributed by atoms with van der Waals surface area (Å²) in [6.45, 7) is 0.209. The van der Waals surface area contributed by atoms with Crippen LogP contribution in [0.4, 0.5) is 5.69 Å². The zero-order valence-corrected chi connectivity index (χ0v) is 13.1. The van der Waals surface area contributed by atoms with Crippen LogP contribution in [0, 0.1) is 0 Å². The van der Waals surface area contributed by atoms with Crippen molar-refractivity contribution in [3.63, 3.8) is 0 Å². The molecule has 1 aromatic carbocycles. The molecule has 116 valence electrons. The molecule has 1 aromatic rings. The predicted octanol–water partition coefficient (Wildman–Crippen LogP) is 1.39. The minimum Gasteiger partial charge on any atom is -0.497 e. The lowest BCUT2D eigenvalue weighted by Gasteiger charge is -2.38. The van der Waals surface area contributed by atoms with Gasteiger partial charge in [-0.2, -0.15) is 0 Å². The van der Waals surface area contributed by atoms with Gasteiger partial charge in [-0.25, -0.2) is 8.42 Å². The normalized spacial score (nSPS) is 17.9. The molecule has 0 unspecified atom stereocenters. The first kappa shape index (κ1) is 15.6. The third-order valence-corrected chi connectivity index (χ3v) is 6.06. The highest BCUT2D eigenvalue weighted by Gasteiger charge is 2.46. The van der Waals surface area contributed by atoms with Gasteiger partial charge in [0.25, 0.3) is 0 Å². The number of sulfone groups is 1. The summed E-state index contributed by atoms with van der Waals surface area (Å²) in [4.78, 5) is 4.20. The molecular weight excluding hydrogens is 290 g/mol. The highest BCUT2D eigenvalue weighted by Crippen LogP contribution is 2.39. The maximum Gasteiger partial charge on any atom is 0.193 e. The molecule has 0 bridgehead atoms. The number of benzene rings is 1. The molecule has 0 spiro atoms. The standard InChI is InChI=1S/C14H21N3O3S/c1-20-12-6-4-11(5-7-12)17-13(15)16-10-14(8-3-9-14)21(2,18)19/h4-7H,3,8-10H2,1-2H3,(H3,15,16,17). The van der Waals surface area contributed by atoms with Gasteiger partial charge < -0.3 is 15.8 Å². The number of nitrogens with zero attached hydrogens (tertiary/aromatic N) is 1. The number of ether oxygens (including phenoxy) is 1. The van der Waals surface area contributed by atoms with Crippen LogP contribution < -0.4 is 15.8 Å². The molecule has 1 aliphatic rings. The quantitative estimate of drug-likeness (QED) is 0.633. The molecule has 0 aromatic heterocycles. The molecule has 0 heterocycles. The Morgan fingerprint density at radius 3 is 2.43 bits per heavy atom. The number of nitrogens with one attached hydrogen (secondary N) is 1. The van der Waals surface area contributed by atoms with Crippen LogP contribution >= 0.6 is 0 Å². The first-order valence-corrected chi connectivity index (χ1v) is 8.66. The van der Waals surface area contributed by atoms with Crippen LogP contribution in [0.3, 0.4) is 0 Å². The van der Waals surface area contributed by atoms with E-state index < -0.39 is 14.6 Å². The molecule has 0 saturated heterocycles. The molecule has 2 rings (SSSR count). The molecule has 0 amide bonds. The van der Waals surface area contributed by atoms with E-state index in [9.17, 15) is 8.42 Å². The lowest BCUT2D eigenvalue weighted by atomic mass is 9.84. The van der Waals surface area contributed by atoms with Crippen molar-refractivity contribution in [3.05, 3.63) is 24.3 Å². The number of guanidine groups is 1. The second-order valence-corrected chi connectivity index (χ2v) is 7.77. The molecular formula is C14H21N3O3S. The predicted molar refractivity (Wildman–Crippen MR) is 84.5 cm³/mol. The van der Waals surface area contributed by atoms with Crippen molar-refractivity contribution in [2.45, 2.75) is 24.0 Å². The number of hydrogen-bond donors (Lipinski definition) is 2. The lowest BCUT2D eigenvalue weighted by molar-refractivity contribution is 0.347. The SMILES string of the molecule is COc1ccc(NC(N)=NCC2(S(C)(=O)=O)CCC2)cc1. The Balaban J connectivity index is 2.01. The molecule has 0 atom stereocenters. The van der Waals surface area contributed by atoms with Crippen molar-refractivity contribution in [2.75, 3.05) is 25.2 Å². The van der Waals surface area contributed by atoms with Gasteiger partial charge in [-0.1, -0.05) is 6.42 Å². The van der Waals surface area contributed by atoms with Crippen LogP contribution in [0.2, 0.25) is 0 Å². The van der Waals surface area contributed by atoms with E-state index in [-0.39, 0.29) is 12.5 Å². The third kappa shape index (κ3) is 3.47. The van der Waals surface area contributed by atoms with Gasteiger partial charge in [0.1, 0.15) is 5.75 Å². The summed E-state index contributed by atoms with van der Waals surface area (Å²) in [6, 6.07) is 7.24. The molecule has 1 saturated carbocycles. The third-order valence-electron chi connectivity index (χ3n) is 3.95. The van der Waals surface area contributed by atoms with Crippen LogP contribution in [0.5, 0.6) is 5.75 Å². The number of aliphatic imine (C=N–C) groups is 1. The van der Waals surface area contributed by atoms with Crippen LogP contribution in [-0.2, 0) is 9.84 Å². The monoisotopic (exact) mass is 311 g/mol. The van der Waals surface area contributed by atoms with Gasteiger partial charge in [-0.15, -0.1) is 0 Å². The Hall–Kier alpha value is -1.76. The van der Waals surface area contributed by atoms with Gasteiger partial charge in [0.05, 0.1) is 18.4 Å². The Labute approximate surface area is 125 Å². The zero-order chi connectivity index (χ0) is 15.5. The fraction of sp³-hybridized carbons (Fsp3) is 0.500. The van der Waals surface area contributed by atoms with Gasteiger partial charge in [0.15, 0.2) is 15.8 Å². The van der Waals surface area contributed by atoms with Gasteiger partial charge in [-0.3, -0.25) is 4.99 Å². The molecule has 1 aliphatic carbocycles. The van der Waals surface area contributed by atoms with Gasteiger partial charge in [0, 0.05) is 11.9 Å². The van der Waals surface area contributed by atoms with E-state index in [1.54, 1.807) is 19.2 Å². The Kier molecular flexibility index (Phi) is 4.41. The van der Waals surface area contributed by atoms with Crippen molar-refractivity contribution < 1.29 is 13.2 Å². The van der Waals surface area contributed by atoms with E-state index in [1.165, 1.54) is 6.26 Å². The summed E-state index contributed by atoms with van der Waals surface area (Å²) in [7, 11) is -1.51. The highest BCUT2D eigenvalue weighted by atomic mass is 32.2. The molecule has 0 radical (unpaired) electrons.